The minimum Gasteiger partial charge on any atom is -0.376 e. The third-order valence-corrected chi connectivity index (χ3v) is 5.41. The van der Waals surface area contributed by atoms with E-state index in [9.17, 15) is 4.79 Å². The summed E-state index contributed by atoms with van der Waals surface area (Å²) in [6.07, 6.45) is 5.75. The van der Waals surface area contributed by atoms with Crippen LogP contribution in [0, 0.1) is 0 Å². The molecule has 21 heavy (non-hydrogen) atoms. The highest BCUT2D eigenvalue weighted by molar-refractivity contribution is 7.10. The lowest BCUT2D eigenvalue weighted by molar-refractivity contribution is -0.123. The fourth-order valence-electron chi connectivity index (χ4n) is 3.24. The molecule has 1 aliphatic heterocycles. The summed E-state index contributed by atoms with van der Waals surface area (Å²) in [5.41, 5.74) is 1.25. The molecule has 2 N–H and O–H groups in total. The van der Waals surface area contributed by atoms with Crippen LogP contribution < -0.4 is 10.6 Å². The number of carbonyl (C=O) groups excluding carboxylic acids is 1. The number of hydrogen-bond donors (Lipinski definition) is 2. The van der Waals surface area contributed by atoms with E-state index in [1.807, 2.05) is 0 Å². The Kier molecular flexibility index (Phi) is 5.27. The van der Waals surface area contributed by atoms with Crippen molar-refractivity contribution in [2.24, 2.45) is 0 Å². The largest absolute Gasteiger partial charge is 0.376 e. The number of fused-ring (bicyclic) bond motifs is 1. The van der Waals surface area contributed by atoms with Crippen LogP contribution in [0.15, 0.2) is 11.4 Å². The minimum atomic E-state index is 0.0545. The van der Waals surface area contributed by atoms with Crippen LogP contribution in [0.5, 0.6) is 0 Å². The zero-order valence-electron chi connectivity index (χ0n) is 12.4. The molecule has 1 aromatic heterocycles. The normalized spacial score (nSPS) is 22.8. The predicted octanol–water partition coefficient (Wildman–Crippen LogP) is 2.05. The molecule has 0 saturated carbocycles. The van der Waals surface area contributed by atoms with Crippen molar-refractivity contribution in [1.82, 2.24) is 10.6 Å². The Morgan fingerprint density at radius 3 is 3.10 bits per heavy atom. The van der Waals surface area contributed by atoms with Gasteiger partial charge < -0.3 is 15.4 Å². The molecule has 3 rings (SSSR count). The molecule has 116 valence electrons. The molecular weight excluding hydrogens is 284 g/mol. The predicted molar refractivity (Wildman–Crippen MR) is 84.9 cm³/mol. The topological polar surface area (TPSA) is 50.4 Å². The Labute approximate surface area is 130 Å². The van der Waals surface area contributed by atoms with Gasteiger partial charge in [-0.1, -0.05) is 0 Å². The maximum Gasteiger partial charge on any atom is 0.227 e. The Morgan fingerprint density at radius 1 is 1.38 bits per heavy atom. The fraction of sp³-hybridized carbons (Fsp3) is 0.688. The van der Waals surface area contributed by atoms with Crippen molar-refractivity contribution in [1.29, 1.82) is 0 Å². The summed E-state index contributed by atoms with van der Waals surface area (Å²) in [6, 6.07) is 2.12. The van der Waals surface area contributed by atoms with Crippen LogP contribution in [0.3, 0.4) is 0 Å². The highest BCUT2D eigenvalue weighted by Crippen LogP contribution is 2.34. The van der Waals surface area contributed by atoms with Crippen LogP contribution in [0.2, 0.25) is 0 Å². The van der Waals surface area contributed by atoms with Crippen molar-refractivity contribution in [3.8, 4) is 0 Å². The molecule has 0 spiro atoms. The first-order valence-corrected chi connectivity index (χ1v) is 8.89. The van der Waals surface area contributed by atoms with E-state index in [0.29, 0.717) is 19.3 Å². The number of ether oxygens (including phenoxy) is 1. The van der Waals surface area contributed by atoms with Gasteiger partial charge in [0, 0.05) is 11.4 Å². The lowest BCUT2D eigenvalue weighted by Gasteiger charge is -2.24. The second-order valence-corrected chi connectivity index (χ2v) is 6.86. The first-order chi connectivity index (χ1) is 10.3. The van der Waals surface area contributed by atoms with E-state index in [1.54, 1.807) is 11.3 Å². The molecule has 4 nitrogen and oxygen atoms in total. The molecule has 1 saturated heterocycles. The molecule has 0 bridgehead atoms. The highest BCUT2D eigenvalue weighted by Gasteiger charge is 2.26. The SMILES string of the molecule is O=C(NCCOC1CCNCC1)C1CCCc2sccc21. The fourth-order valence-corrected chi connectivity index (χ4v) is 4.23. The van der Waals surface area contributed by atoms with E-state index in [1.165, 1.54) is 10.4 Å². The van der Waals surface area contributed by atoms with E-state index >= 15 is 0 Å². The molecule has 0 aromatic carbocycles. The van der Waals surface area contributed by atoms with E-state index in [2.05, 4.69) is 22.1 Å². The van der Waals surface area contributed by atoms with Crippen LogP contribution in [0.25, 0.3) is 0 Å². The summed E-state index contributed by atoms with van der Waals surface area (Å²) >= 11 is 1.78. The van der Waals surface area contributed by atoms with Crippen molar-refractivity contribution in [2.75, 3.05) is 26.2 Å². The molecule has 1 aromatic rings. The number of carbonyl (C=O) groups is 1. The summed E-state index contributed by atoms with van der Waals surface area (Å²) in [6.45, 7) is 3.33. The van der Waals surface area contributed by atoms with Gasteiger partial charge in [-0.05, 0) is 62.2 Å². The van der Waals surface area contributed by atoms with Crippen molar-refractivity contribution < 1.29 is 9.53 Å². The minimum absolute atomic E-state index is 0.0545. The molecule has 1 amide bonds. The summed E-state index contributed by atoms with van der Waals surface area (Å²) in [5.74, 6) is 0.224. The summed E-state index contributed by atoms with van der Waals surface area (Å²) < 4.78 is 5.82. The maximum atomic E-state index is 12.3. The van der Waals surface area contributed by atoms with Gasteiger partial charge in [0.25, 0.3) is 0 Å². The number of thiophene rings is 1. The number of nitrogens with one attached hydrogen (secondary N) is 2. The summed E-state index contributed by atoms with van der Waals surface area (Å²) in [4.78, 5) is 13.7. The lowest BCUT2D eigenvalue weighted by Crippen LogP contribution is -2.36. The zero-order chi connectivity index (χ0) is 14.5. The monoisotopic (exact) mass is 308 g/mol. The van der Waals surface area contributed by atoms with Crippen LogP contribution >= 0.6 is 11.3 Å². The molecule has 1 aliphatic carbocycles. The average Bonchev–Trinajstić information content (AvgIpc) is 3.01. The van der Waals surface area contributed by atoms with E-state index in [0.717, 1.165) is 45.2 Å². The molecular formula is C16H24N2O2S. The quantitative estimate of drug-likeness (QED) is 0.819. The number of rotatable bonds is 5. The van der Waals surface area contributed by atoms with Crippen LogP contribution in [-0.2, 0) is 16.0 Å². The molecule has 0 radical (unpaired) electrons. The number of aryl methyl sites for hydroxylation is 1. The van der Waals surface area contributed by atoms with Crippen molar-refractivity contribution in [3.05, 3.63) is 21.9 Å². The highest BCUT2D eigenvalue weighted by atomic mass is 32.1. The maximum absolute atomic E-state index is 12.3. The van der Waals surface area contributed by atoms with Gasteiger partial charge in [0.15, 0.2) is 0 Å². The Balaban J connectivity index is 1.41. The second-order valence-electron chi connectivity index (χ2n) is 5.86. The summed E-state index contributed by atoms with van der Waals surface area (Å²) in [7, 11) is 0. The van der Waals surface area contributed by atoms with Gasteiger partial charge in [-0.25, -0.2) is 0 Å². The standard InChI is InChI=1S/C16H24N2O2S/c19-16(14-2-1-3-15-13(14)6-11-21-15)18-9-10-20-12-4-7-17-8-5-12/h6,11-12,14,17H,1-5,7-10H2,(H,18,19). The number of hydrogen-bond acceptors (Lipinski definition) is 4. The first kappa shape index (κ1) is 15.0. The van der Waals surface area contributed by atoms with E-state index in [-0.39, 0.29) is 11.8 Å². The van der Waals surface area contributed by atoms with E-state index in [4.69, 9.17) is 4.74 Å². The van der Waals surface area contributed by atoms with Gasteiger partial charge in [-0.15, -0.1) is 11.3 Å². The van der Waals surface area contributed by atoms with Crippen LogP contribution in [-0.4, -0.2) is 38.3 Å². The molecule has 2 heterocycles. The lowest BCUT2D eigenvalue weighted by atomic mass is 9.87. The van der Waals surface area contributed by atoms with Gasteiger partial charge in [-0.3, -0.25) is 4.79 Å². The Hall–Kier alpha value is -0.910. The molecule has 1 fully saturated rings. The Morgan fingerprint density at radius 2 is 2.24 bits per heavy atom. The van der Waals surface area contributed by atoms with Gasteiger partial charge in [0.1, 0.15) is 0 Å². The smallest absolute Gasteiger partial charge is 0.227 e. The van der Waals surface area contributed by atoms with Crippen molar-refractivity contribution in [3.63, 3.8) is 0 Å². The molecule has 2 aliphatic rings. The zero-order valence-corrected chi connectivity index (χ0v) is 13.2. The van der Waals surface area contributed by atoms with Crippen LogP contribution in [0.1, 0.15) is 42.0 Å². The van der Waals surface area contributed by atoms with E-state index < -0.39 is 0 Å². The molecule has 1 unspecified atom stereocenters. The van der Waals surface area contributed by atoms with Gasteiger partial charge in [0.05, 0.1) is 18.6 Å². The van der Waals surface area contributed by atoms with Crippen molar-refractivity contribution >= 4 is 17.2 Å². The molecule has 1 atom stereocenters. The third kappa shape index (κ3) is 3.84. The average molecular weight is 308 g/mol. The summed E-state index contributed by atoms with van der Waals surface area (Å²) in [5, 5.41) is 8.48. The van der Waals surface area contributed by atoms with Crippen LogP contribution in [0.4, 0.5) is 0 Å². The van der Waals surface area contributed by atoms with Gasteiger partial charge >= 0.3 is 0 Å². The van der Waals surface area contributed by atoms with Crippen molar-refractivity contribution in [2.45, 2.75) is 44.1 Å². The first-order valence-electron chi connectivity index (χ1n) is 8.01. The van der Waals surface area contributed by atoms with Gasteiger partial charge in [0.2, 0.25) is 5.91 Å². The molecule has 5 heteroatoms. The number of amides is 1. The number of piperidine rings is 1. The Bertz CT molecular complexity index is 469. The third-order valence-electron chi connectivity index (χ3n) is 4.41. The second kappa shape index (κ2) is 7.38. The van der Waals surface area contributed by atoms with Gasteiger partial charge in [-0.2, -0.15) is 0 Å².